The van der Waals surface area contributed by atoms with Crippen LogP contribution in [-0.4, -0.2) is 20.8 Å². The zero-order valence-corrected chi connectivity index (χ0v) is 13.6. The predicted molar refractivity (Wildman–Crippen MR) is 88.5 cm³/mol. The minimum absolute atomic E-state index is 0.152. The van der Waals surface area contributed by atoms with E-state index in [-0.39, 0.29) is 10.5 Å². The maximum absolute atomic E-state index is 8.82. The van der Waals surface area contributed by atoms with Crippen LogP contribution < -0.4 is 10.5 Å². The molecule has 0 unspecified atom stereocenters. The molecule has 0 saturated heterocycles. The average molecular weight is 320 g/mol. The van der Waals surface area contributed by atoms with Crippen LogP contribution in [0.3, 0.4) is 0 Å². The lowest BCUT2D eigenvalue weighted by molar-refractivity contribution is 0.0280. The van der Waals surface area contributed by atoms with Crippen molar-refractivity contribution in [3.05, 3.63) is 59.2 Å². The van der Waals surface area contributed by atoms with E-state index in [1.807, 2.05) is 45.0 Å². The Labute approximate surface area is 136 Å². The standard InChI is InChI=1S/C9H13NO2.C8H11NO2/c1-3-8-6-7(2)4-5-9(8)10(11)12;1-2-7-5-3-4-6-8(7)9(10)11/h4-6,11-12H,3H2,1-2H3;3-6,10-11H,2H2,1H3. The summed E-state index contributed by atoms with van der Waals surface area (Å²) in [7, 11) is 0. The second kappa shape index (κ2) is 9.12. The number of para-hydroxylation sites is 1. The Kier molecular flexibility index (Phi) is 7.50. The molecular weight excluding hydrogens is 296 g/mol. The van der Waals surface area contributed by atoms with Gasteiger partial charge in [0.15, 0.2) is 0 Å². The van der Waals surface area contributed by atoms with Crippen molar-refractivity contribution < 1.29 is 20.8 Å². The Bertz CT molecular complexity index is 615. The molecule has 0 bridgehead atoms. The van der Waals surface area contributed by atoms with Gasteiger partial charge in [0.1, 0.15) is 0 Å². The summed E-state index contributed by atoms with van der Waals surface area (Å²) in [5, 5.41) is 35.4. The van der Waals surface area contributed by atoms with Crippen molar-refractivity contribution in [1.82, 2.24) is 0 Å². The maximum atomic E-state index is 8.82. The number of benzene rings is 2. The van der Waals surface area contributed by atoms with Gasteiger partial charge in [-0.05, 0) is 43.0 Å². The Balaban J connectivity index is 0.000000231. The van der Waals surface area contributed by atoms with Crippen LogP contribution in [0.5, 0.6) is 0 Å². The highest BCUT2D eigenvalue weighted by Crippen LogP contribution is 2.20. The van der Waals surface area contributed by atoms with Gasteiger partial charge in [0.2, 0.25) is 0 Å². The molecule has 0 amide bonds. The summed E-state index contributed by atoms with van der Waals surface area (Å²) in [5.74, 6) is 0. The van der Waals surface area contributed by atoms with Gasteiger partial charge in [-0.2, -0.15) is 0 Å². The van der Waals surface area contributed by atoms with Gasteiger partial charge in [-0.25, -0.2) is 0 Å². The fourth-order valence-corrected chi connectivity index (χ4v) is 2.20. The van der Waals surface area contributed by atoms with Crippen LogP contribution in [0.4, 0.5) is 11.4 Å². The van der Waals surface area contributed by atoms with Gasteiger partial charge in [0, 0.05) is 0 Å². The van der Waals surface area contributed by atoms with Crippen molar-refractivity contribution in [1.29, 1.82) is 0 Å². The van der Waals surface area contributed by atoms with Gasteiger partial charge in [-0.3, -0.25) is 20.8 Å². The minimum atomic E-state index is 0.152. The van der Waals surface area contributed by atoms with E-state index in [9.17, 15) is 0 Å². The summed E-state index contributed by atoms with van der Waals surface area (Å²) in [6, 6.07) is 12.6. The van der Waals surface area contributed by atoms with E-state index in [4.69, 9.17) is 20.8 Å². The molecule has 0 fully saturated rings. The lowest BCUT2D eigenvalue weighted by Gasteiger charge is -2.12. The quantitative estimate of drug-likeness (QED) is 0.638. The second-order valence-corrected chi connectivity index (χ2v) is 5.05. The molecule has 0 heterocycles. The van der Waals surface area contributed by atoms with Crippen LogP contribution in [0.2, 0.25) is 0 Å². The van der Waals surface area contributed by atoms with Crippen LogP contribution in [-0.2, 0) is 12.8 Å². The molecule has 0 spiro atoms. The normalized spacial score (nSPS) is 9.87. The van der Waals surface area contributed by atoms with E-state index in [0.29, 0.717) is 11.4 Å². The Morgan fingerprint density at radius 1 is 0.739 bits per heavy atom. The first-order chi connectivity index (χ1) is 10.9. The van der Waals surface area contributed by atoms with Crippen LogP contribution in [0.25, 0.3) is 0 Å². The number of hydrogen-bond acceptors (Lipinski definition) is 6. The van der Waals surface area contributed by atoms with E-state index in [1.54, 1.807) is 18.2 Å². The van der Waals surface area contributed by atoms with Crippen molar-refractivity contribution in [3.8, 4) is 0 Å². The topological polar surface area (TPSA) is 87.4 Å². The third kappa shape index (κ3) is 5.54. The molecule has 0 aliphatic rings. The molecule has 2 rings (SSSR count). The second-order valence-electron chi connectivity index (χ2n) is 5.05. The summed E-state index contributed by atoms with van der Waals surface area (Å²) in [6.45, 7) is 5.91. The highest BCUT2D eigenvalue weighted by atomic mass is 16.8. The van der Waals surface area contributed by atoms with E-state index in [0.717, 1.165) is 29.5 Å². The molecule has 0 aromatic heterocycles. The average Bonchev–Trinajstić information content (AvgIpc) is 2.54. The number of anilines is 2. The van der Waals surface area contributed by atoms with E-state index in [1.165, 1.54) is 0 Å². The molecule has 2 aromatic rings. The molecule has 0 aliphatic heterocycles. The van der Waals surface area contributed by atoms with Crippen molar-refractivity contribution in [3.63, 3.8) is 0 Å². The number of aryl methyl sites for hydroxylation is 3. The Hall–Kier alpha value is -2.12. The van der Waals surface area contributed by atoms with E-state index < -0.39 is 0 Å². The van der Waals surface area contributed by atoms with Crippen LogP contribution >= 0.6 is 0 Å². The van der Waals surface area contributed by atoms with Crippen molar-refractivity contribution in [2.24, 2.45) is 0 Å². The number of nitrogens with zero attached hydrogens (tertiary/aromatic N) is 2. The lowest BCUT2D eigenvalue weighted by Crippen LogP contribution is -2.13. The number of rotatable bonds is 4. The molecule has 2 aromatic carbocycles. The molecule has 0 aliphatic carbocycles. The predicted octanol–water partition coefficient (Wildman–Crippen LogP) is 3.98. The van der Waals surface area contributed by atoms with Crippen LogP contribution in [0.15, 0.2) is 42.5 Å². The maximum Gasteiger partial charge on any atom is 0.0974 e. The third-order valence-electron chi connectivity index (χ3n) is 3.42. The highest BCUT2D eigenvalue weighted by Gasteiger charge is 2.05. The molecule has 4 N–H and O–H groups in total. The third-order valence-corrected chi connectivity index (χ3v) is 3.42. The van der Waals surface area contributed by atoms with Crippen molar-refractivity contribution in [2.75, 3.05) is 10.5 Å². The molecule has 126 valence electrons. The fraction of sp³-hybridized carbons (Fsp3) is 0.294. The van der Waals surface area contributed by atoms with Crippen molar-refractivity contribution >= 4 is 11.4 Å². The SMILES string of the molecule is CCc1cc(C)ccc1N(O)O.CCc1ccccc1N(O)O. The number of hydrogen-bond donors (Lipinski definition) is 4. The van der Waals surface area contributed by atoms with Crippen molar-refractivity contribution in [2.45, 2.75) is 33.6 Å². The van der Waals surface area contributed by atoms with Gasteiger partial charge in [-0.15, -0.1) is 10.5 Å². The molecule has 0 saturated carbocycles. The van der Waals surface area contributed by atoms with Gasteiger partial charge >= 0.3 is 0 Å². The van der Waals surface area contributed by atoms with Gasteiger partial charge in [0.25, 0.3) is 0 Å². The summed E-state index contributed by atoms with van der Waals surface area (Å²) < 4.78 is 0. The molecule has 0 radical (unpaired) electrons. The Morgan fingerprint density at radius 2 is 1.26 bits per heavy atom. The largest absolute Gasteiger partial charge is 0.264 e. The zero-order chi connectivity index (χ0) is 17.4. The summed E-state index contributed by atoms with van der Waals surface area (Å²) in [4.78, 5) is 0. The highest BCUT2D eigenvalue weighted by molar-refractivity contribution is 5.51. The minimum Gasteiger partial charge on any atom is -0.264 e. The molecule has 0 atom stereocenters. The Morgan fingerprint density at radius 3 is 1.74 bits per heavy atom. The summed E-state index contributed by atoms with van der Waals surface area (Å²) in [5.41, 5.74) is 3.85. The molecular formula is C17H24N2O4. The van der Waals surface area contributed by atoms with Gasteiger partial charge in [0.05, 0.1) is 11.4 Å². The zero-order valence-electron chi connectivity index (χ0n) is 13.6. The smallest absolute Gasteiger partial charge is 0.0974 e. The van der Waals surface area contributed by atoms with Gasteiger partial charge < -0.3 is 0 Å². The van der Waals surface area contributed by atoms with Gasteiger partial charge in [-0.1, -0.05) is 49.7 Å². The summed E-state index contributed by atoms with van der Waals surface area (Å²) >= 11 is 0. The summed E-state index contributed by atoms with van der Waals surface area (Å²) in [6.07, 6.45) is 1.57. The monoisotopic (exact) mass is 320 g/mol. The molecule has 6 heteroatoms. The van der Waals surface area contributed by atoms with Crippen LogP contribution in [0, 0.1) is 6.92 Å². The van der Waals surface area contributed by atoms with E-state index in [2.05, 4.69) is 0 Å². The van der Waals surface area contributed by atoms with E-state index >= 15 is 0 Å². The lowest BCUT2D eigenvalue weighted by atomic mass is 10.1. The first kappa shape index (κ1) is 18.9. The fourth-order valence-electron chi connectivity index (χ4n) is 2.20. The van der Waals surface area contributed by atoms with Crippen LogP contribution in [0.1, 0.15) is 30.5 Å². The molecule has 23 heavy (non-hydrogen) atoms. The first-order valence-corrected chi connectivity index (χ1v) is 7.43. The first-order valence-electron chi connectivity index (χ1n) is 7.43. The molecule has 6 nitrogen and oxygen atoms in total.